The van der Waals surface area contributed by atoms with Crippen LogP contribution < -0.4 is 5.73 Å². The third-order valence-corrected chi connectivity index (χ3v) is 3.36. The summed E-state index contributed by atoms with van der Waals surface area (Å²) in [4.78, 5) is 13.7. The Morgan fingerprint density at radius 2 is 2.37 bits per heavy atom. The minimum absolute atomic E-state index is 0.0634. The van der Waals surface area contributed by atoms with Crippen LogP contribution in [0.1, 0.15) is 23.2 Å². The van der Waals surface area contributed by atoms with Crippen LogP contribution >= 0.6 is 0 Å². The predicted octanol–water partition coefficient (Wildman–Crippen LogP) is 1.91. The molecule has 1 unspecified atom stereocenters. The van der Waals surface area contributed by atoms with Crippen molar-refractivity contribution in [1.82, 2.24) is 4.90 Å². The van der Waals surface area contributed by atoms with Crippen LogP contribution in [0.25, 0.3) is 0 Å². The van der Waals surface area contributed by atoms with Gasteiger partial charge in [-0.3, -0.25) is 4.79 Å². The smallest absolute Gasteiger partial charge is 0.256 e. The maximum absolute atomic E-state index is 13.7. The first-order chi connectivity index (χ1) is 9.08. The Bertz CT molecular complexity index is 459. The highest BCUT2D eigenvalue weighted by atomic mass is 19.1. The molecule has 19 heavy (non-hydrogen) atoms. The van der Waals surface area contributed by atoms with Crippen molar-refractivity contribution in [3.63, 3.8) is 0 Å². The molecule has 0 aliphatic carbocycles. The van der Waals surface area contributed by atoms with Crippen molar-refractivity contribution in [2.45, 2.75) is 12.8 Å². The van der Waals surface area contributed by atoms with Gasteiger partial charge in [-0.2, -0.15) is 0 Å². The second-order valence-corrected chi connectivity index (χ2v) is 5.01. The van der Waals surface area contributed by atoms with E-state index in [4.69, 9.17) is 10.5 Å². The van der Waals surface area contributed by atoms with E-state index in [1.54, 1.807) is 11.9 Å². The van der Waals surface area contributed by atoms with E-state index in [9.17, 15) is 9.18 Å². The third-order valence-electron chi connectivity index (χ3n) is 3.36. The number of halogens is 1. The van der Waals surface area contributed by atoms with Gasteiger partial charge >= 0.3 is 0 Å². The van der Waals surface area contributed by atoms with Gasteiger partial charge in [0.2, 0.25) is 0 Å². The average Bonchev–Trinajstić information content (AvgIpc) is 2.39. The van der Waals surface area contributed by atoms with Crippen LogP contribution in [0.5, 0.6) is 0 Å². The monoisotopic (exact) mass is 266 g/mol. The van der Waals surface area contributed by atoms with Crippen LogP contribution in [-0.2, 0) is 4.74 Å². The van der Waals surface area contributed by atoms with Gasteiger partial charge in [0.1, 0.15) is 5.82 Å². The number of hydrogen-bond acceptors (Lipinski definition) is 3. The molecule has 5 heteroatoms. The molecule has 104 valence electrons. The predicted molar refractivity (Wildman–Crippen MR) is 71.3 cm³/mol. The van der Waals surface area contributed by atoms with Gasteiger partial charge < -0.3 is 15.4 Å². The van der Waals surface area contributed by atoms with Crippen molar-refractivity contribution in [3.8, 4) is 0 Å². The Morgan fingerprint density at radius 3 is 3.00 bits per heavy atom. The molecule has 1 fully saturated rings. The van der Waals surface area contributed by atoms with Crippen LogP contribution in [0.3, 0.4) is 0 Å². The summed E-state index contributed by atoms with van der Waals surface area (Å²) in [5.74, 6) is -0.556. The average molecular weight is 266 g/mol. The molecule has 0 spiro atoms. The second-order valence-electron chi connectivity index (χ2n) is 5.01. The lowest BCUT2D eigenvalue weighted by Crippen LogP contribution is -2.35. The Hall–Kier alpha value is -1.62. The zero-order valence-electron chi connectivity index (χ0n) is 11.1. The molecule has 1 saturated heterocycles. The maximum Gasteiger partial charge on any atom is 0.256 e. The first-order valence-corrected chi connectivity index (χ1v) is 6.46. The molecule has 0 radical (unpaired) electrons. The van der Waals surface area contributed by atoms with E-state index in [2.05, 4.69) is 0 Å². The van der Waals surface area contributed by atoms with E-state index in [1.807, 2.05) is 0 Å². The topological polar surface area (TPSA) is 55.6 Å². The van der Waals surface area contributed by atoms with Gasteiger partial charge in [0.05, 0.1) is 12.2 Å². The summed E-state index contributed by atoms with van der Waals surface area (Å²) in [5.41, 5.74) is 5.85. The fourth-order valence-electron chi connectivity index (χ4n) is 2.33. The minimum Gasteiger partial charge on any atom is -0.399 e. The van der Waals surface area contributed by atoms with Gasteiger partial charge in [-0.05, 0) is 37.0 Å². The number of nitrogen functional groups attached to an aromatic ring is 1. The largest absolute Gasteiger partial charge is 0.399 e. The lowest BCUT2D eigenvalue weighted by Gasteiger charge is -2.27. The maximum atomic E-state index is 13.7. The van der Waals surface area contributed by atoms with Crippen molar-refractivity contribution in [1.29, 1.82) is 0 Å². The Balaban J connectivity index is 2.01. The molecular weight excluding hydrogens is 247 g/mol. The fraction of sp³-hybridized carbons (Fsp3) is 0.500. The quantitative estimate of drug-likeness (QED) is 0.850. The number of amides is 1. The lowest BCUT2D eigenvalue weighted by atomic mass is 10.0. The number of benzene rings is 1. The molecule has 1 amide bonds. The fourth-order valence-corrected chi connectivity index (χ4v) is 2.33. The molecule has 1 aliphatic heterocycles. The summed E-state index contributed by atoms with van der Waals surface area (Å²) in [5, 5.41) is 0. The summed E-state index contributed by atoms with van der Waals surface area (Å²) < 4.78 is 19.1. The number of hydrogen-bond donors (Lipinski definition) is 1. The molecule has 1 aromatic carbocycles. The summed E-state index contributed by atoms with van der Waals surface area (Å²) in [6.07, 6.45) is 2.06. The van der Waals surface area contributed by atoms with E-state index < -0.39 is 5.82 Å². The van der Waals surface area contributed by atoms with E-state index >= 15 is 0 Å². The Morgan fingerprint density at radius 1 is 1.58 bits per heavy atom. The van der Waals surface area contributed by atoms with Gasteiger partial charge in [-0.25, -0.2) is 4.39 Å². The second kappa shape index (κ2) is 6.02. The first-order valence-electron chi connectivity index (χ1n) is 6.46. The highest BCUT2D eigenvalue weighted by molar-refractivity contribution is 5.94. The number of carbonyl (C=O) groups is 1. The van der Waals surface area contributed by atoms with E-state index in [0.717, 1.165) is 19.4 Å². The summed E-state index contributed by atoms with van der Waals surface area (Å²) >= 11 is 0. The molecule has 1 aromatic rings. The standard InChI is InChI=1S/C14H19FN2O2/c1-17(8-10-3-2-6-19-9-10)14(18)12-5-4-11(16)7-13(12)15/h4-5,7,10H,2-3,6,8-9,16H2,1H3. The van der Waals surface area contributed by atoms with Crippen LogP contribution in [0.2, 0.25) is 0 Å². The summed E-state index contributed by atoms with van der Waals surface area (Å²) in [6, 6.07) is 4.14. The van der Waals surface area contributed by atoms with Gasteiger partial charge in [0, 0.05) is 25.9 Å². The van der Waals surface area contributed by atoms with Gasteiger partial charge in [-0.15, -0.1) is 0 Å². The van der Waals surface area contributed by atoms with E-state index in [-0.39, 0.29) is 11.5 Å². The highest BCUT2D eigenvalue weighted by Crippen LogP contribution is 2.17. The SMILES string of the molecule is CN(CC1CCCOC1)C(=O)c1ccc(N)cc1F. The molecule has 1 aliphatic rings. The Labute approximate surface area is 112 Å². The number of nitrogens with two attached hydrogens (primary N) is 1. The lowest BCUT2D eigenvalue weighted by molar-refractivity contribution is 0.0387. The highest BCUT2D eigenvalue weighted by Gasteiger charge is 2.21. The number of nitrogens with zero attached hydrogens (tertiary/aromatic N) is 1. The molecule has 1 heterocycles. The van der Waals surface area contributed by atoms with Crippen LogP contribution in [-0.4, -0.2) is 37.6 Å². The summed E-state index contributed by atoms with van der Waals surface area (Å²) in [6.45, 7) is 2.05. The van der Waals surface area contributed by atoms with Crippen LogP contribution in [0, 0.1) is 11.7 Å². The normalized spacial score (nSPS) is 19.2. The van der Waals surface area contributed by atoms with Gasteiger partial charge in [-0.1, -0.05) is 0 Å². The van der Waals surface area contributed by atoms with E-state index in [0.29, 0.717) is 24.8 Å². The summed E-state index contributed by atoms with van der Waals surface area (Å²) in [7, 11) is 1.69. The molecule has 0 bridgehead atoms. The zero-order valence-corrected chi connectivity index (χ0v) is 11.1. The molecule has 4 nitrogen and oxygen atoms in total. The zero-order chi connectivity index (χ0) is 13.8. The van der Waals surface area contributed by atoms with Crippen molar-refractivity contribution in [3.05, 3.63) is 29.6 Å². The molecule has 0 aromatic heterocycles. The van der Waals surface area contributed by atoms with Crippen molar-refractivity contribution >= 4 is 11.6 Å². The number of rotatable bonds is 3. The molecule has 1 atom stereocenters. The van der Waals surface area contributed by atoms with Crippen molar-refractivity contribution in [2.24, 2.45) is 5.92 Å². The molecule has 2 rings (SSSR count). The minimum atomic E-state index is -0.572. The molecule has 2 N–H and O–H groups in total. The number of anilines is 1. The van der Waals surface area contributed by atoms with Crippen molar-refractivity contribution < 1.29 is 13.9 Å². The van der Waals surface area contributed by atoms with Crippen LogP contribution in [0.4, 0.5) is 10.1 Å². The molecular formula is C14H19FN2O2. The number of carbonyl (C=O) groups excluding carboxylic acids is 1. The van der Waals surface area contributed by atoms with Gasteiger partial charge in [0.15, 0.2) is 0 Å². The molecule has 0 saturated carbocycles. The van der Waals surface area contributed by atoms with Crippen LogP contribution in [0.15, 0.2) is 18.2 Å². The number of ether oxygens (including phenoxy) is 1. The first kappa shape index (κ1) is 13.8. The van der Waals surface area contributed by atoms with Crippen molar-refractivity contribution in [2.75, 3.05) is 32.5 Å². The van der Waals surface area contributed by atoms with E-state index in [1.165, 1.54) is 18.2 Å². The third kappa shape index (κ3) is 3.44. The Kier molecular flexibility index (Phi) is 4.37. The van der Waals surface area contributed by atoms with Gasteiger partial charge in [0.25, 0.3) is 5.91 Å².